The van der Waals surface area contributed by atoms with Gasteiger partial charge in [-0.25, -0.2) is 4.39 Å². The molecule has 2 atom stereocenters. The van der Waals surface area contributed by atoms with E-state index in [2.05, 4.69) is 15.6 Å². The van der Waals surface area contributed by atoms with E-state index in [1.165, 1.54) is 12.1 Å². The molecule has 1 amide bonds. The third kappa shape index (κ3) is 5.32. The summed E-state index contributed by atoms with van der Waals surface area (Å²) in [6.07, 6.45) is 3.76. The van der Waals surface area contributed by atoms with E-state index in [0.29, 0.717) is 21.7 Å². The first-order valence-electron chi connectivity index (χ1n) is 11.6. The van der Waals surface area contributed by atoms with Crippen LogP contribution >= 0.6 is 35.4 Å². The number of hydrogen-bond donors (Lipinski definition) is 2. The first-order chi connectivity index (χ1) is 17.9. The number of aromatic nitrogens is 2. The zero-order chi connectivity index (χ0) is 25.9. The first-order valence-corrected chi connectivity index (χ1v) is 12.7. The van der Waals surface area contributed by atoms with Crippen LogP contribution in [0.15, 0.2) is 85.2 Å². The summed E-state index contributed by atoms with van der Waals surface area (Å²) in [7, 11) is 0. The van der Waals surface area contributed by atoms with E-state index in [0.717, 1.165) is 17.1 Å². The van der Waals surface area contributed by atoms with Crippen molar-refractivity contribution < 1.29 is 9.18 Å². The molecule has 2 N–H and O–H groups in total. The van der Waals surface area contributed by atoms with Gasteiger partial charge >= 0.3 is 0 Å². The predicted molar refractivity (Wildman–Crippen MR) is 148 cm³/mol. The van der Waals surface area contributed by atoms with Gasteiger partial charge in [0.1, 0.15) is 5.82 Å². The molecular formula is C27H22Cl2FN5OS. The maximum atomic E-state index is 14.0. The van der Waals surface area contributed by atoms with Crippen molar-refractivity contribution in [2.24, 2.45) is 0 Å². The highest BCUT2D eigenvalue weighted by molar-refractivity contribution is 7.80. The number of carbonyl (C=O) groups excluding carboxylic acids is 1. The third-order valence-electron chi connectivity index (χ3n) is 6.18. The number of pyridine rings is 1. The monoisotopic (exact) mass is 553 g/mol. The lowest BCUT2D eigenvalue weighted by atomic mass is 10.0. The molecule has 0 aliphatic carbocycles. The summed E-state index contributed by atoms with van der Waals surface area (Å²) in [5.74, 6) is -0.802. The highest BCUT2D eigenvalue weighted by Gasteiger charge is 2.41. The molecule has 5 rings (SSSR count). The molecule has 37 heavy (non-hydrogen) atoms. The predicted octanol–water partition coefficient (Wildman–Crippen LogP) is 6.32. The molecule has 0 saturated carbocycles. The van der Waals surface area contributed by atoms with Gasteiger partial charge in [0.2, 0.25) is 5.91 Å². The number of nitrogens with one attached hydrogen (secondary N) is 2. The van der Waals surface area contributed by atoms with E-state index < -0.39 is 5.82 Å². The van der Waals surface area contributed by atoms with E-state index in [1.54, 1.807) is 30.5 Å². The van der Waals surface area contributed by atoms with Crippen molar-refractivity contribution in [1.82, 2.24) is 19.8 Å². The van der Waals surface area contributed by atoms with Gasteiger partial charge in [-0.3, -0.25) is 9.78 Å². The Kier molecular flexibility index (Phi) is 7.41. The van der Waals surface area contributed by atoms with Crippen molar-refractivity contribution in [1.29, 1.82) is 0 Å². The van der Waals surface area contributed by atoms with Gasteiger partial charge in [-0.2, -0.15) is 0 Å². The Balaban J connectivity index is 1.46. The van der Waals surface area contributed by atoms with Gasteiger partial charge in [-0.1, -0.05) is 41.4 Å². The number of thiocarbonyl (C=S) groups is 1. The van der Waals surface area contributed by atoms with Crippen LogP contribution in [0.1, 0.15) is 29.9 Å². The van der Waals surface area contributed by atoms with Crippen LogP contribution in [-0.4, -0.2) is 32.0 Å². The normalized spacial score (nSPS) is 17.1. The Morgan fingerprint density at radius 3 is 2.65 bits per heavy atom. The Morgan fingerprint density at radius 1 is 1.08 bits per heavy atom. The van der Waals surface area contributed by atoms with E-state index in [4.69, 9.17) is 35.4 Å². The Labute approximate surface area is 229 Å². The van der Waals surface area contributed by atoms with Crippen molar-refractivity contribution in [2.75, 3.05) is 11.9 Å². The summed E-state index contributed by atoms with van der Waals surface area (Å²) in [4.78, 5) is 19.2. The average molecular weight is 554 g/mol. The summed E-state index contributed by atoms with van der Waals surface area (Å²) in [5, 5.41) is 7.56. The Hall–Kier alpha value is -3.46. The quantitative estimate of drug-likeness (QED) is 0.262. The first kappa shape index (κ1) is 25.2. The van der Waals surface area contributed by atoms with E-state index in [-0.39, 0.29) is 30.1 Å². The SMILES string of the molecule is O=C(CCN1C(=S)N[C@H](c2ccccn2)[C@@H]1c1cccn1-c1ccc(Cl)cc1Cl)Nc1ccccc1F. The minimum Gasteiger partial charge on any atom is -0.352 e. The molecule has 6 nitrogen and oxygen atoms in total. The molecule has 1 aliphatic heterocycles. The lowest BCUT2D eigenvalue weighted by Gasteiger charge is -2.29. The molecule has 4 aromatic rings. The second kappa shape index (κ2) is 10.9. The molecule has 3 heterocycles. The molecule has 2 aromatic carbocycles. The van der Waals surface area contributed by atoms with Gasteiger partial charge in [0.25, 0.3) is 0 Å². The van der Waals surface area contributed by atoms with E-state index in [1.807, 2.05) is 52.1 Å². The molecule has 2 aromatic heterocycles. The zero-order valence-electron chi connectivity index (χ0n) is 19.4. The maximum absolute atomic E-state index is 14.0. The number of para-hydroxylation sites is 1. The fourth-order valence-electron chi connectivity index (χ4n) is 4.50. The van der Waals surface area contributed by atoms with Gasteiger partial charge in [-0.15, -0.1) is 0 Å². The van der Waals surface area contributed by atoms with Gasteiger partial charge in [0.05, 0.1) is 34.2 Å². The van der Waals surface area contributed by atoms with Crippen LogP contribution in [0, 0.1) is 5.82 Å². The number of hydrogen-bond acceptors (Lipinski definition) is 3. The molecule has 10 heteroatoms. The summed E-state index contributed by atoms with van der Waals surface area (Å²) in [6.45, 7) is 0.305. The standard InChI is InChI=1S/C27H22Cl2FN5OS/c28-17-10-11-22(18(29)16-17)34-14-5-9-23(34)26-25(21-8-3-4-13-31-21)33-27(37)35(26)15-12-24(36)32-20-7-2-1-6-19(20)30/h1-11,13-14,16,25-26H,12,15H2,(H,32,36)(H,33,37)/t25-,26+/m1/s1. The van der Waals surface area contributed by atoms with E-state index in [9.17, 15) is 9.18 Å². The van der Waals surface area contributed by atoms with Crippen molar-refractivity contribution in [3.05, 3.63) is 112 Å². The van der Waals surface area contributed by atoms with Crippen LogP contribution in [0.25, 0.3) is 5.69 Å². The number of anilines is 1. The highest BCUT2D eigenvalue weighted by Crippen LogP contribution is 2.40. The van der Waals surface area contributed by atoms with Crippen molar-refractivity contribution in [2.45, 2.75) is 18.5 Å². The van der Waals surface area contributed by atoms with Gasteiger partial charge in [0.15, 0.2) is 5.11 Å². The number of halogens is 3. The van der Waals surface area contributed by atoms with Crippen LogP contribution in [0.4, 0.5) is 10.1 Å². The molecular weight excluding hydrogens is 532 g/mol. The lowest BCUT2D eigenvalue weighted by molar-refractivity contribution is -0.116. The van der Waals surface area contributed by atoms with Crippen molar-refractivity contribution in [3.8, 4) is 5.69 Å². The van der Waals surface area contributed by atoms with Crippen LogP contribution in [0.5, 0.6) is 0 Å². The fraction of sp³-hybridized carbons (Fsp3) is 0.148. The molecule has 0 bridgehead atoms. The number of benzene rings is 2. The maximum Gasteiger partial charge on any atom is 0.226 e. The van der Waals surface area contributed by atoms with Crippen LogP contribution in [-0.2, 0) is 4.79 Å². The summed E-state index contributed by atoms with van der Waals surface area (Å²) in [5.41, 5.74) is 2.62. The largest absolute Gasteiger partial charge is 0.352 e. The fourth-order valence-corrected chi connectivity index (χ4v) is 5.33. The highest BCUT2D eigenvalue weighted by atomic mass is 35.5. The Morgan fingerprint density at radius 2 is 1.89 bits per heavy atom. The third-order valence-corrected chi connectivity index (χ3v) is 7.07. The molecule has 0 radical (unpaired) electrons. The number of amides is 1. The van der Waals surface area contributed by atoms with Crippen molar-refractivity contribution in [3.63, 3.8) is 0 Å². The second-order valence-electron chi connectivity index (χ2n) is 8.50. The van der Waals surface area contributed by atoms with Crippen LogP contribution < -0.4 is 10.6 Å². The Bertz CT molecular complexity index is 1450. The summed E-state index contributed by atoms with van der Waals surface area (Å²) in [6, 6.07) is 20.5. The number of rotatable bonds is 7. The van der Waals surface area contributed by atoms with Gasteiger partial charge in [0, 0.05) is 36.1 Å². The van der Waals surface area contributed by atoms with Crippen molar-refractivity contribution >= 4 is 52.1 Å². The van der Waals surface area contributed by atoms with E-state index >= 15 is 0 Å². The topological polar surface area (TPSA) is 62.2 Å². The molecule has 0 unspecified atom stereocenters. The van der Waals surface area contributed by atoms with Gasteiger partial charge < -0.3 is 20.1 Å². The summed E-state index contributed by atoms with van der Waals surface area (Å²) < 4.78 is 16.0. The van der Waals surface area contributed by atoms with Crippen LogP contribution in [0.3, 0.4) is 0 Å². The van der Waals surface area contributed by atoms with Gasteiger partial charge in [-0.05, 0) is 66.8 Å². The smallest absolute Gasteiger partial charge is 0.226 e. The number of nitrogens with zero attached hydrogens (tertiary/aromatic N) is 3. The average Bonchev–Trinajstić information content (AvgIpc) is 3.48. The lowest BCUT2D eigenvalue weighted by Crippen LogP contribution is -2.33. The minimum atomic E-state index is -0.486. The molecule has 188 valence electrons. The second-order valence-corrected chi connectivity index (χ2v) is 9.73. The molecule has 1 fully saturated rings. The zero-order valence-corrected chi connectivity index (χ0v) is 21.8. The number of carbonyl (C=O) groups is 1. The minimum absolute atomic E-state index is 0.101. The molecule has 1 saturated heterocycles. The molecule has 0 spiro atoms. The summed E-state index contributed by atoms with van der Waals surface area (Å²) >= 11 is 18.4. The molecule has 1 aliphatic rings. The van der Waals surface area contributed by atoms with Crippen LogP contribution in [0.2, 0.25) is 10.0 Å².